The maximum atomic E-state index is 12.6. The van der Waals surface area contributed by atoms with Gasteiger partial charge in [-0.25, -0.2) is 4.98 Å². The van der Waals surface area contributed by atoms with Gasteiger partial charge >= 0.3 is 0 Å². The van der Waals surface area contributed by atoms with Crippen LogP contribution >= 0.6 is 0 Å². The molecule has 26 heavy (non-hydrogen) atoms. The Morgan fingerprint density at radius 3 is 2.50 bits per heavy atom. The van der Waals surface area contributed by atoms with Crippen LogP contribution < -0.4 is 10.5 Å². The minimum atomic E-state index is -0.596. The first kappa shape index (κ1) is 17.4. The summed E-state index contributed by atoms with van der Waals surface area (Å²) in [5, 5.41) is 0. The highest BCUT2D eigenvalue weighted by Gasteiger charge is 2.18. The molecule has 3 aromatic rings. The van der Waals surface area contributed by atoms with Crippen molar-refractivity contribution < 1.29 is 14.3 Å². The first-order valence-corrected chi connectivity index (χ1v) is 8.14. The number of Topliss-reactive ketones (excluding diaryl/α,β-unsaturated/α-hetero) is 1. The molecule has 0 aliphatic carbocycles. The number of primary amides is 1. The Labute approximate surface area is 151 Å². The summed E-state index contributed by atoms with van der Waals surface area (Å²) in [5.41, 5.74) is 7.83. The second-order valence-corrected chi connectivity index (χ2v) is 5.88. The van der Waals surface area contributed by atoms with E-state index in [2.05, 4.69) is 4.98 Å². The molecule has 0 unspecified atom stereocenters. The van der Waals surface area contributed by atoms with Crippen LogP contribution in [0.2, 0.25) is 0 Å². The SMILES string of the molecule is Cc1cc(C(=O)COc2ccccc2C(N)=O)c(C)n1-c1ccccn1. The fraction of sp³-hybridized carbons (Fsp3) is 0.150. The molecule has 6 nitrogen and oxygen atoms in total. The van der Waals surface area contributed by atoms with Gasteiger partial charge in [-0.3, -0.25) is 9.59 Å². The summed E-state index contributed by atoms with van der Waals surface area (Å²) in [7, 11) is 0. The number of nitrogens with zero attached hydrogens (tertiary/aromatic N) is 2. The number of rotatable bonds is 6. The summed E-state index contributed by atoms with van der Waals surface area (Å²) in [6.45, 7) is 3.60. The predicted octanol–water partition coefficient (Wildman–Crippen LogP) is 2.85. The number of hydrogen-bond acceptors (Lipinski definition) is 4. The molecule has 0 aliphatic rings. The van der Waals surface area contributed by atoms with Gasteiger partial charge in [0.05, 0.1) is 5.56 Å². The smallest absolute Gasteiger partial charge is 0.252 e. The zero-order chi connectivity index (χ0) is 18.7. The van der Waals surface area contributed by atoms with E-state index in [9.17, 15) is 9.59 Å². The van der Waals surface area contributed by atoms with Gasteiger partial charge < -0.3 is 15.0 Å². The number of nitrogens with two attached hydrogens (primary N) is 1. The number of ether oxygens (including phenoxy) is 1. The molecule has 132 valence electrons. The van der Waals surface area contributed by atoms with Crippen LogP contribution in [0.4, 0.5) is 0 Å². The second-order valence-electron chi connectivity index (χ2n) is 5.88. The third-order valence-corrected chi connectivity index (χ3v) is 4.12. The maximum absolute atomic E-state index is 12.6. The molecule has 1 aromatic carbocycles. The first-order chi connectivity index (χ1) is 12.5. The van der Waals surface area contributed by atoms with Crippen LogP contribution in [0.5, 0.6) is 5.75 Å². The van der Waals surface area contributed by atoms with E-state index in [1.54, 1.807) is 30.5 Å². The molecule has 0 saturated heterocycles. The minimum Gasteiger partial charge on any atom is -0.485 e. The van der Waals surface area contributed by atoms with Crippen molar-refractivity contribution in [2.45, 2.75) is 13.8 Å². The minimum absolute atomic E-state index is 0.181. The summed E-state index contributed by atoms with van der Waals surface area (Å²) < 4.78 is 7.47. The van der Waals surface area contributed by atoms with E-state index in [-0.39, 0.29) is 18.0 Å². The Morgan fingerprint density at radius 2 is 1.81 bits per heavy atom. The second kappa shape index (κ2) is 7.23. The number of hydrogen-bond donors (Lipinski definition) is 1. The zero-order valence-electron chi connectivity index (χ0n) is 14.6. The molecule has 2 heterocycles. The number of benzene rings is 1. The average Bonchev–Trinajstić information content (AvgIpc) is 2.95. The quantitative estimate of drug-likeness (QED) is 0.693. The molecule has 2 aromatic heterocycles. The summed E-state index contributed by atoms with van der Waals surface area (Å²) in [5.74, 6) is 0.273. The Hall–Kier alpha value is -3.41. The topological polar surface area (TPSA) is 87.2 Å². The molecule has 0 bridgehead atoms. The monoisotopic (exact) mass is 349 g/mol. The fourth-order valence-corrected chi connectivity index (χ4v) is 2.90. The van der Waals surface area contributed by atoms with Gasteiger partial charge in [-0.15, -0.1) is 0 Å². The van der Waals surface area contributed by atoms with Crippen LogP contribution in [-0.4, -0.2) is 27.8 Å². The lowest BCUT2D eigenvalue weighted by molar-refractivity contribution is 0.0911. The van der Waals surface area contributed by atoms with Crippen molar-refractivity contribution in [3.8, 4) is 11.6 Å². The number of amides is 1. The molecule has 0 fully saturated rings. The van der Waals surface area contributed by atoms with Crippen molar-refractivity contribution in [2.75, 3.05) is 6.61 Å². The van der Waals surface area contributed by atoms with Gasteiger partial charge in [-0.2, -0.15) is 0 Å². The maximum Gasteiger partial charge on any atom is 0.252 e. The van der Waals surface area contributed by atoms with Crippen molar-refractivity contribution in [2.24, 2.45) is 5.73 Å². The number of aromatic nitrogens is 2. The molecule has 0 radical (unpaired) electrons. The average molecular weight is 349 g/mol. The number of carbonyl (C=O) groups is 2. The van der Waals surface area contributed by atoms with Crippen LogP contribution in [0.15, 0.2) is 54.7 Å². The third-order valence-electron chi connectivity index (χ3n) is 4.12. The van der Waals surface area contributed by atoms with Crippen LogP contribution in [0.3, 0.4) is 0 Å². The Bertz CT molecular complexity index is 962. The van der Waals surface area contributed by atoms with Crippen LogP contribution in [-0.2, 0) is 0 Å². The van der Waals surface area contributed by atoms with E-state index in [1.807, 2.05) is 42.7 Å². The van der Waals surface area contributed by atoms with Gasteiger partial charge in [0.25, 0.3) is 5.91 Å². The van der Waals surface area contributed by atoms with Gasteiger partial charge in [0.1, 0.15) is 11.6 Å². The highest BCUT2D eigenvalue weighted by molar-refractivity contribution is 5.99. The molecule has 0 spiro atoms. The molecule has 0 aliphatic heterocycles. The number of para-hydroxylation sites is 1. The number of aryl methyl sites for hydroxylation is 1. The normalized spacial score (nSPS) is 10.5. The molecule has 3 rings (SSSR count). The number of ketones is 1. The van der Waals surface area contributed by atoms with Crippen molar-refractivity contribution >= 4 is 11.7 Å². The molecule has 0 saturated carbocycles. The molecular formula is C20H19N3O3. The van der Waals surface area contributed by atoms with Crippen LogP contribution in [0, 0.1) is 13.8 Å². The van der Waals surface area contributed by atoms with E-state index in [0.717, 1.165) is 17.2 Å². The molecule has 2 N–H and O–H groups in total. The van der Waals surface area contributed by atoms with E-state index < -0.39 is 5.91 Å². The fourth-order valence-electron chi connectivity index (χ4n) is 2.90. The Morgan fingerprint density at radius 1 is 1.08 bits per heavy atom. The summed E-state index contributed by atoms with van der Waals surface area (Å²) in [6.07, 6.45) is 1.71. The van der Waals surface area contributed by atoms with E-state index in [0.29, 0.717) is 11.3 Å². The van der Waals surface area contributed by atoms with Crippen molar-refractivity contribution in [1.82, 2.24) is 9.55 Å². The lowest BCUT2D eigenvalue weighted by atomic mass is 10.1. The molecular weight excluding hydrogens is 330 g/mol. The van der Waals surface area contributed by atoms with Gasteiger partial charge in [-0.1, -0.05) is 18.2 Å². The predicted molar refractivity (Wildman–Crippen MR) is 97.8 cm³/mol. The van der Waals surface area contributed by atoms with E-state index in [4.69, 9.17) is 10.5 Å². The summed E-state index contributed by atoms with van der Waals surface area (Å²) in [6, 6.07) is 14.0. The lowest BCUT2D eigenvalue weighted by Gasteiger charge is -2.10. The standard InChI is InChI=1S/C20H19N3O3/c1-13-11-16(14(2)23(13)19-9-5-6-10-22-19)17(24)12-26-18-8-4-3-7-15(18)20(21)25/h3-11H,12H2,1-2H3,(H2,21,25). The molecule has 1 amide bonds. The van der Waals surface area contributed by atoms with Crippen molar-refractivity contribution in [1.29, 1.82) is 0 Å². The van der Waals surface area contributed by atoms with E-state index >= 15 is 0 Å². The Balaban J connectivity index is 1.83. The number of pyridine rings is 1. The Kier molecular flexibility index (Phi) is 4.84. The summed E-state index contributed by atoms with van der Waals surface area (Å²) in [4.78, 5) is 28.4. The van der Waals surface area contributed by atoms with Gasteiger partial charge in [0.15, 0.2) is 6.61 Å². The van der Waals surface area contributed by atoms with Gasteiger partial charge in [0, 0.05) is 23.1 Å². The highest BCUT2D eigenvalue weighted by atomic mass is 16.5. The molecule has 0 atom stereocenters. The number of carbonyl (C=O) groups excluding carboxylic acids is 2. The summed E-state index contributed by atoms with van der Waals surface area (Å²) >= 11 is 0. The largest absolute Gasteiger partial charge is 0.485 e. The third kappa shape index (κ3) is 3.35. The van der Waals surface area contributed by atoms with E-state index in [1.165, 1.54) is 0 Å². The van der Waals surface area contributed by atoms with Gasteiger partial charge in [0.2, 0.25) is 5.78 Å². The van der Waals surface area contributed by atoms with Crippen molar-refractivity contribution in [3.05, 3.63) is 77.2 Å². The van der Waals surface area contributed by atoms with Crippen LogP contribution in [0.1, 0.15) is 32.1 Å². The van der Waals surface area contributed by atoms with Gasteiger partial charge in [-0.05, 0) is 44.2 Å². The zero-order valence-corrected chi connectivity index (χ0v) is 14.6. The first-order valence-electron chi connectivity index (χ1n) is 8.14. The lowest BCUT2D eigenvalue weighted by Crippen LogP contribution is -2.17. The van der Waals surface area contributed by atoms with Crippen LogP contribution in [0.25, 0.3) is 5.82 Å². The highest BCUT2D eigenvalue weighted by Crippen LogP contribution is 2.21. The molecule has 6 heteroatoms. The van der Waals surface area contributed by atoms with Crippen molar-refractivity contribution in [3.63, 3.8) is 0 Å².